The van der Waals surface area contributed by atoms with E-state index in [1.165, 1.54) is 35.8 Å². The smallest absolute Gasteiger partial charge is 0.329 e. The van der Waals surface area contributed by atoms with Crippen molar-refractivity contribution in [2.45, 2.75) is 32.9 Å². The lowest BCUT2D eigenvalue weighted by atomic mass is 10.0. The maximum atomic E-state index is 12.9. The molecule has 1 rings (SSSR count). The first kappa shape index (κ1) is 16.9. The van der Waals surface area contributed by atoms with E-state index in [0.29, 0.717) is 0 Å². The molecular formula is C15H21FN2O3. The Labute approximate surface area is 124 Å². The van der Waals surface area contributed by atoms with Crippen molar-refractivity contribution >= 4 is 12.0 Å². The highest BCUT2D eigenvalue weighted by Gasteiger charge is 2.38. The summed E-state index contributed by atoms with van der Waals surface area (Å²) in [5.74, 6) is -1.40. The van der Waals surface area contributed by atoms with Crippen LogP contribution in [0, 0.1) is 5.82 Å². The zero-order valence-electron chi connectivity index (χ0n) is 12.8. The number of carbonyl (C=O) groups excluding carboxylic acids is 1. The van der Waals surface area contributed by atoms with Crippen LogP contribution in [-0.4, -0.2) is 46.0 Å². The summed E-state index contributed by atoms with van der Waals surface area (Å²) in [6.07, 6.45) is 0. The molecule has 0 saturated carbocycles. The van der Waals surface area contributed by atoms with E-state index >= 15 is 0 Å². The van der Waals surface area contributed by atoms with Crippen molar-refractivity contribution in [3.8, 4) is 0 Å². The number of carboxylic acid groups (broad SMARTS) is 1. The fourth-order valence-corrected chi connectivity index (χ4v) is 2.02. The molecule has 0 fully saturated rings. The molecular weight excluding hydrogens is 275 g/mol. The lowest BCUT2D eigenvalue weighted by Gasteiger charge is -2.37. The predicted molar refractivity (Wildman–Crippen MR) is 77.4 cm³/mol. The van der Waals surface area contributed by atoms with Gasteiger partial charge in [-0.15, -0.1) is 0 Å². The first-order valence-corrected chi connectivity index (χ1v) is 6.70. The maximum Gasteiger partial charge on any atom is 0.329 e. The van der Waals surface area contributed by atoms with Crippen LogP contribution in [0.1, 0.15) is 26.3 Å². The summed E-state index contributed by atoms with van der Waals surface area (Å²) >= 11 is 0. The summed E-state index contributed by atoms with van der Waals surface area (Å²) in [6.45, 7) is 5.27. The summed E-state index contributed by atoms with van der Waals surface area (Å²) in [6, 6.07) is 5.46. The van der Waals surface area contributed by atoms with Gasteiger partial charge in [-0.2, -0.15) is 0 Å². The molecule has 0 spiro atoms. The van der Waals surface area contributed by atoms with Gasteiger partial charge in [-0.05, 0) is 38.5 Å². The van der Waals surface area contributed by atoms with E-state index < -0.39 is 11.5 Å². The molecule has 1 aromatic carbocycles. The van der Waals surface area contributed by atoms with Gasteiger partial charge >= 0.3 is 12.0 Å². The second kappa shape index (κ2) is 6.56. The van der Waals surface area contributed by atoms with E-state index in [1.807, 2.05) is 0 Å². The Balaban J connectivity index is 2.85. The van der Waals surface area contributed by atoms with E-state index in [9.17, 15) is 19.1 Å². The summed E-state index contributed by atoms with van der Waals surface area (Å²) in [5.41, 5.74) is -0.514. The van der Waals surface area contributed by atoms with Crippen LogP contribution in [0.2, 0.25) is 0 Å². The third-order valence-corrected chi connectivity index (χ3v) is 3.40. The van der Waals surface area contributed by atoms with Gasteiger partial charge in [0, 0.05) is 20.1 Å². The lowest BCUT2D eigenvalue weighted by molar-refractivity contribution is -0.147. The van der Waals surface area contributed by atoms with Crippen LogP contribution in [0.3, 0.4) is 0 Å². The van der Waals surface area contributed by atoms with Crippen molar-refractivity contribution in [2.75, 3.05) is 13.6 Å². The Kier molecular flexibility index (Phi) is 5.29. The van der Waals surface area contributed by atoms with E-state index in [0.717, 1.165) is 5.56 Å². The Morgan fingerprint density at radius 3 is 2.19 bits per heavy atom. The van der Waals surface area contributed by atoms with E-state index in [4.69, 9.17) is 0 Å². The number of hydrogen-bond donors (Lipinski definition) is 1. The molecule has 1 aromatic rings. The fourth-order valence-electron chi connectivity index (χ4n) is 2.02. The van der Waals surface area contributed by atoms with Gasteiger partial charge in [0.15, 0.2) is 0 Å². The number of carboxylic acids is 1. The highest BCUT2D eigenvalue weighted by molar-refractivity contribution is 5.85. The predicted octanol–water partition coefficient (Wildman–Crippen LogP) is 2.56. The molecule has 0 aromatic heterocycles. The molecule has 0 saturated heterocycles. The van der Waals surface area contributed by atoms with Crippen LogP contribution in [-0.2, 0) is 11.3 Å². The summed E-state index contributed by atoms with van der Waals surface area (Å²) in [7, 11) is 1.59. The molecule has 0 aliphatic rings. The van der Waals surface area contributed by atoms with Gasteiger partial charge in [0.05, 0.1) is 0 Å². The second-order valence-electron chi connectivity index (χ2n) is 5.37. The average Bonchev–Trinajstić information content (AvgIpc) is 2.41. The average molecular weight is 296 g/mol. The van der Waals surface area contributed by atoms with Crippen LogP contribution >= 0.6 is 0 Å². The summed E-state index contributed by atoms with van der Waals surface area (Å²) in [4.78, 5) is 26.4. The molecule has 1 N–H and O–H groups in total. The SMILES string of the molecule is CCN(C(=O)N(C)Cc1ccc(F)cc1)C(C)(C)C(=O)O. The number of rotatable bonds is 5. The van der Waals surface area contributed by atoms with Gasteiger partial charge in [-0.3, -0.25) is 0 Å². The highest BCUT2D eigenvalue weighted by atomic mass is 19.1. The van der Waals surface area contributed by atoms with Crippen molar-refractivity contribution in [2.24, 2.45) is 0 Å². The molecule has 0 aliphatic heterocycles. The number of hydrogen-bond acceptors (Lipinski definition) is 2. The van der Waals surface area contributed by atoms with Gasteiger partial charge in [0.1, 0.15) is 11.4 Å². The maximum absolute atomic E-state index is 12.9. The molecule has 116 valence electrons. The van der Waals surface area contributed by atoms with E-state index in [-0.39, 0.29) is 24.9 Å². The van der Waals surface area contributed by atoms with Gasteiger partial charge in [0.2, 0.25) is 0 Å². The van der Waals surface area contributed by atoms with Crippen LogP contribution in [0.4, 0.5) is 9.18 Å². The molecule has 21 heavy (non-hydrogen) atoms. The van der Waals surface area contributed by atoms with Gasteiger partial charge in [-0.25, -0.2) is 14.0 Å². The number of halogens is 1. The molecule has 0 unspecified atom stereocenters. The van der Waals surface area contributed by atoms with Crippen LogP contribution in [0.25, 0.3) is 0 Å². The summed E-state index contributed by atoms with van der Waals surface area (Å²) in [5, 5.41) is 9.24. The van der Waals surface area contributed by atoms with Gasteiger partial charge in [-0.1, -0.05) is 12.1 Å². The third-order valence-electron chi connectivity index (χ3n) is 3.40. The summed E-state index contributed by atoms with van der Waals surface area (Å²) < 4.78 is 12.9. The minimum absolute atomic E-state index is 0.283. The molecule has 0 radical (unpaired) electrons. The van der Waals surface area contributed by atoms with Gasteiger partial charge < -0.3 is 14.9 Å². The fraction of sp³-hybridized carbons (Fsp3) is 0.467. The number of likely N-dealkylation sites (N-methyl/N-ethyl adjacent to an activating group) is 1. The first-order chi connectivity index (χ1) is 9.70. The number of benzene rings is 1. The zero-order valence-corrected chi connectivity index (χ0v) is 12.8. The molecule has 6 heteroatoms. The molecule has 0 aliphatic carbocycles. The number of urea groups is 1. The van der Waals surface area contributed by atoms with E-state index in [1.54, 1.807) is 26.1 Å². The highest BCUT2D eigenvalue weighted by Crippen LogP contribution is 2.17. The standard InChI is InChI=1S/C15H21FN2O3/c1-5-18(15(2,3)13(19)20)14(21)17(4)10-11-6-8-12(16)9-7-11/h6-9H,5,10H2,1-4H3,(H,19,20). The Bertz CT molecular complexity index is 514. The minimum atomic E-state index is -1.29. The third kappa shape index (κ3) is 3.93. The number of nitrogens with zero attached hydrogens (tertiary/aromatic N) is 2. The second-order valence-corrected chi connectivity index (χ2v) is 5.37. The number of aliphatic carboxylic acids is 1. The normalized spacial score (nSPS) is 11.1. The molecule has 2 amide bonds. The van der Waals surface area contributed by atoms with E-state index in [2.05, 4.69) is 0 Å². The van der Waals surface area contributed by atoms with Crippen molar-refractivity contribution in [1.29, 1.82) is 0 Å². The molecule has 0 bridgehead atoms. The number of carbonyl (C=O) groups is 2. The van der Waals surface area contributed by atoms with Crippen molar-refractivity contribution in [3.05, 3.63) is 35.6 Å². The largest absolute Gasteiger partial charge is 0.480 e. The van der Waals surface area contributed by atoms with Gasteiger partial charge in [0.25, 0.3) is 0 Å². The Morgan fingerprint density at radius 1 is 1.24 bits per heavy atom. The topological polar surface area (TPSA) is 60.9 Å². The monoisotopic (exact) mass is 296 g/mol. The van der Waals surface area contributed by atoms with Crippen molar-refractivity contribution in [1.82, 2.24) is 9.80 Å². The Hall–Kier alpha value is -2.11. The van der Waals surface area contributed by atoms with Crippen molar-refractivity contribution in [3.63, 3.8) is 0 Å². The van der Waals surface area contributed by atoms with Crippen molar-refractivity contribution < 1.29 is 19.1 Å². The van der Waals surface area contributed by atoms with Crippen LogP contribution in [0.15, 0.2) is 24.3 Å². The van der Waals surface area contributed by atoms with Crippen LogP contribution in [0.5, 0.6) is 0 Å². The first-order valence-electron chi connectivity index (χ1n) is 6.70. The van der Waals surface area contributed by atoms with Crippen LogP contribution < -0.4 is 0 Å². The minimum Gasteiger partial charge on any atom is -0.480 e. The Morgan fingerprint density at radius 2 is 1.76 bits per heavy atom. The molecule has 0 atom stereocenters. The number of amides is 2. The lowest BCUT2D eigenvalue weighted by Crippen LogP contribution is -2.56. The molecule has 5 nitrogen and oxygen atoms in total. The quantitative estimate of drug-likeness (QED) is 0.908. The zero-order chi connectivity index (χ0) is 16.2. The molecule has 0 heterocycles.